The summed E-state index contributed by atoms with van der Waals surface area (Å²) in [5.74, 6) is 0.105. The fourth-order valence-corrected chi connectivity index (χ4v) is 2.48. The number of hydrogen-bond acceptors (Lipinski definition) is 4. The Morgan fingerprint density at radius 3 is 2.36 bits per heavy atom. The largest absolute Gasteiger partial charge is 0.327 e. The van der Waals surface area contributed by atoms with Gasteiger partial charge in [0.15, 0.2) is 0 Å². The van der Waals surface area contributed by atoms with Gasteiger partial charge in [-0.25, -0.2) is 0 Å². The third-order valence-electron chi connectivity index (χ3n) is 3.36. The molecule has 0 amide bonds. The molecule has 4 fully saturated rings. The van der Waals surface area contributed by atoms with Crippen LogP contribution in [0.15, 0.2) is 0 Å². The molecule has 4 heteroatoms. The van der Waals surface area contributed by atoms with Gasteiger partial charge in [0.1, 0.15) is 0 Å². The van der Waals surface area contributed by atoms with Gasteiger partial charge in [0, 0.05) is 12.5 Å². The normalized spacial score (nSPS) is 48.0. The van der Waals surface area contributed by atoms with Crippen LogP contribution < -0.4 is 5.32 Å². The molecule has 80 valence electrons. The average molecular weight is 199 g/mol. The summed E-state index contributed by atoms with van der Waals surface area (Å²) in [6.07, 6.45) is 2.32. The van der Waals surface area contributed by atoms with Crippen LogP contribution in [0.3, 0.4) is 0 Å². The van der Waals surface area contributed by atoms with Crippen LogP contribution in [0, 0.1) is 11.8 Å². The van der Waals surface area contributed by atoms with E-state index in [4.69, 9.17) is 14.2 Å². The van der Waals surface area contributed by atoms with Gasteiger partial charge in [0.2, 0.25) is 0 Å². The second-order valence-corrected chi connectivity index (χ2v) is 4.45. The van der Waals surface area contributed by atoms with Gasteiger partial charge in [0.25, 0.3) is 5.97 Å². The van der Waals surface area contributed by atoms with Crippen molar-refractivity contribution in [3.05, 3.63) is 0 Å². The first-order valence-electron chi connectivity index (χ1n) is 5.52. The van der Waals surface area contributed by atoms with Crippen LogP contribution in [0.1, 0.15) is 12.8 Å². The highest BCUT2D eigenvalue weighted by atomic mass is 16.9. The van der Waals surface area contributed by atoms with Crippen molar-refractivity contribution in [3.63, 3.8) is 0 Å². The van der Waals surface area contributed by atoms with Crippen molar-refractivity contribution in [2.45, 2.75) is 18.8 Å². The monoisotopic (exact) mass is 199 g/mol. The Bertz CT molecular complexity index is 194. The second-order valence-electron chi connectivity index (χ2n) is 4.45. The number of hydrogen-bond donors (Lipinski definition) is 1. The smallest absolute Gasteiger partial charge is 0.287 e. The van der Waals surface area contributed by atoms with Crippen molar-refractivity contribution in [1.29, 1.82) is 0 Å². The molecule has 1 N–H and O–H groups in total. The summed E-state index contributed by atoms with van der Waals surface area (Å²) in [4.78, 5) is 0. The maximum atomic E-state index is 5.72. The molecule has 0 radical (unpaired) electrons. The van der Waals surface area contributed by atoms with E-state index in [1.54, 1.807) is 0 Å². The van der Waals surface area contributed by atoms with Crippen molar-refractivity contribution in [2.24, 2.45) is 11.8 Å². The van der Waals surface area contributed by atoms with E-state index in [1.807, 2.05) is 0 Å². The Labute approximate surface area is 83.9 Å². The molecule has 4 rings (SSSR count). The summed E-state index contributed by atoms with van der Waals surface area (Å²) in [6, 6.07) is 0. The van der Waals surface area contributed by atoms with Crippen molar-refractivity contribution < 1.29 is 14.2 Å². The molecular weight excluding hydrogens is 182 g/mol. The van der Waals surface area contributed by atoms with E-state index >= 15 is 0 Å². The third kappa shape index (κ3) is 1.37. The van der Waals surface area contributed by atoms with Crippen LogP contribution >= 0.6 is 0 Å². The zero-order chi connectivity index (χ0) is 9.43. The molecule has 4 heterocycles. The van der Waals surface area contributed by atoms with E-state index in [-0.39, 0.29) is 0 Å². The number of piperidine rings is 1. The summed E-state index contributed by atoms with van der Waals surface area (Å²) in [6.45, 7) is 4.46. The van der Waals surface area contributed by atoms with Gasteiger partial charge in [-0.3, -0.25) is 0 Å². The molecule has 1 atom stereocenters. The van der Waals surface area contributed by atoms with Gasteiger partial charge in [-0.2, -0.15) is 0 Å². The molecule has 0 aliphatic carbocycles. The third-order valence-corrected chi connectivity index (χ3v) is 3.36. The lowest BCUT2D eigenvalue weighted by Crippen LogP contribution is -2.60. The molecule has 0 spiro atoms. The molecule has 2 bridgehead atoms. The Kier molecular flexibility index (Phi) is 2.24. The molecule has 4 aliphatic heterocycles. The molecule has 14 heavy (non-hydrogen) atoms. The van der Waals surface area contributed by atoms with Crippen LogP contribution in [-0.2, 0) is 14.2 Å². The molecule has 0 aromatic rings. The Morgan fingerprint density at radius 1 is 1.07 bits per heavy atom. The predicted octanol–water partition coefficient (Wildman–Crippen LogP) is 0.333. The van der Waals surface area contributed by atoms with E-state index in [1.165, 1.54) is 6.42 Å². The maximum absolute atomic E-state index is 5.72. The highest BCUT2D eigenvalue weighted by Gasteiger charge is 2.50. The summed E-state index contributed by atoms with van der Waals surface area (Å²) < 4.78 is 17.2. The molecule has 0 saturated carbocycles. The Morgan fingerprint density at radius 2 is 1.79 bits per heavy atom. The molecular formula is C10H17NO3. The lowest BCUT2D eigenvalue weighted by Gasteiger charge is -2.49. The first-order chi connectivity index (χ1) is 6.89. The molecule has 4 nitrogen and oxygen atoms in total. The van der Waals surface area contributed by atoms with E-state index < -0.39 is 5.97 Å². The number of rotatable bonds is 1. The van der Waals surface area contributed by atoms with E-state index in [0.29, 0.717) is 11.8 Å². The van der Waals surface area contributed by atoms with Crippen LogP contribution in [0.25, 0.3) is 0 Å². The van der Waals surface area contributed by atoms with Crippen LogP contribution in [0.2, 0.25) is 0 Å². The van der Waals surface area contributed by atoms with Crippen LogP contribution in [0.5, 0.6) is 0 Å². The summed E-state index contributed by atoms with van der Waals surface area (Å²) in [7, 11) is 0. The van der Waals surface area contributed by atoms with Crippen LogP contribution in [-0.4, -0.2) is 38.9 Å². The minimum absolute atomic E-state index is 0.359. The van der Waals surface area contributed by atoms with Crippen LogP contribution in [0.4, 0.5) is 0 Å². The van der Waals surface area contributed by atoms with E-state index in [9.17, 15) is 0 Å². The number of fused-ring (bicyclic) bond motifs is 3. The highest BCUT2D eigenvalue weighted by Crippen LogP contribution is 2.38. The van der Waals surface area contributed by atoms with E-state index in [0.717, 1.165) is 39.3 Å². The summed E-state index contributed by atoms with van der Waals surface area (Å²) in [5, 5.41) is 3.37. The quantitative estimate of drug-likeness (QED) is 0.660. The molecule has 4 aliphatic rings. The summed E-state index contributed by atoms with van der Waals surface area (Å²) in [5.41, 5.74) is 0. The standard InChI is InChI=1S/C10H17NO3/c1-2-9(4-11-3-1)10-12-5-8(6-13-10)7-14-10/h8-9,11H,1-7H2. The maximum Gasteiger partial charge on any atom is 0.287 e. The highest BCUT2D eigenvalue weighted by molar-refractivity contribution is 4.84. The number of ether oxygens (including phenoxy) is 3. The van der Waals surface area contributed by atoms with Crippen molar-refractivity contribution in [3.8, 4) is 0 Å². The first kappa shape index (κ1) is 9.09. The van der Waals surface area contributed by atoms with Crippen molar-refractivity contribution in [2.75, 3.05) is 32.9 Å². The number of nitrogens with one attached hydrogen (secondary N) is 1. The molecule has 4 saturated heterocycles. The lowest BCUT2D eigenvalue weighted by molar-refractivity contribution is -0.468. The zero-order valence-electron chi connectivity index (χ0n) is 8.33. The SMILES string of the molecule is C1CNCC(C23OCC(CO2)CO3)C1. The van der Waals surface area contributed by atoms with Crippen molar-refractivity contribution >= 4 is 0 Å². The second kappa shape index (κ2) is 3.45. The molecule has 0 aromatic heterocycles. The topological polar surface area (TPSA) is 39.7 Å². The predicted molar refractivity (Wildman–Crippen MR) is 49.7 cm³/mol. The minimum Gasteiger partial charge on any atom is -0.327 e. The zero-order valence-corrected chi connectivity index (χ0v) is 8.33. The lowest BCUT2D eigenvalue weighted by atomic mass is 9.94. The minimum atomic E-state index is -0.706. The van der Waals surface area contributed by atoms with Gasteiger partial charge in [0.05, 0.1) is 25.7 Å². The average Bonchev–Trinajstić information content (AvgIpc) is 2.33. The Balaban J connectivity index is 1.73. The van der Waals surface area contributed by atoms with Gasteiger partial charge < -0.3 is 19.5 Å². The van der Waals surface area contributed by atoms with Gasteiger partial charge in [-0.1, -0.05) is 0 Å². The first-order valence-corrected chi connectivity index (χ1v) is 5.52. The fourth-order valence-electron chi connectivity index (χ4n) is 2.48. The summed E-state index contributed by atoms with van der Waals surface area (Å²) >= 11 is 0. The Hall–Kier alpha value is -0.160. The van der Waals surface area contributed by atoms with E-state index in [2.05, 4.69) is 5.32 Å². The van der Waals surface area contributed by atoms with Gasteiger partial charge >= 0.3 is 0 Å². The molecule has 1 unspecified atom stereocenters. The van der Waals surface area contributed by atoms with Crippen molar-refractivity contribution in [1.82, 2.24) is 5.32 Å². The fraction of sp³-hybridized carbons (Fsp3) is 1.00. The molecule has 0 aromatic carbocycles. The van der Waals surface area contributed by atoms with Gasteiger partial charge in [-0.05, 0) is 19.4 Å². The van der Waals surface area contributed by atoms with Gasteiger partial charge in [-0.15, -0.1) is 0 Å².